The van der Waals surface area contributed by atoms with Gasteiger partial charge in [0.1, 0.15) is 5.82 Å². The highest BCUT2D eigenvalue weighted by atomic mass is 32.2. The van der Waals surface area contributed by atoms with Crippen molar-refractivity contribution >= 4 is 32.0 Å². The molecule has 0 bridgehead atoms. The summed E-state index contributed by atoms with van der Waals surface area (Å²) < 4.78 is 62.8. The molecule has 2 aliphatic heterocycles. The zero-order valence-corrected chi connectivity index (χ0v) is 16.0. The molecule has 1 atom stereocenters. The van der Waals surface area contributed by atoms with Gasteiger partial charge in [0.25, 0.3) is 5.91 Å². The maximum atomic E-state index is 14.2. The number of hydrogen-bond donors (Lipinski definition) is 0. The van der Waals surface area contributed by atoms with Crippen LogP contribution in [0.1, 0.15) is 16.8 Å². The molecule has 2 saturated heterocycles. The minimum absolute atomic E-state index is 0.0149. The first-order valence-electron chi connectivity index (χ1n) is 8.36. The van der Waals surface area contributed by atoms with Gasteiger partial charge in [-0.25, -0.2) is 21.2 Å². The third-order valence-electron chi connectivity index (χ3n) is 4.88. The van der Waals surface area contributed by atoms with E-state index in [0.29, 0.717) is 19.5 Å². The Bertz CT molecular complexity index is 969. The Morgan fingerprint density at radius 3 is 2.41 bits per heavy atom. The fourth-order valence-corrected chi connectivity index (χ4v) is 7.63. The number of rotatable bonds is 4. The molecule has 2 fully saturated rings. The molecule has 8 nitrogen and oxygen atoms in total. The largest absolute Gasteiger partial charge is 0.342 e. The minimum atomic E-state index is -4.00. The van der Waals surface area contributed by atoms with E-state index in [1.807, 2.05) is 0 Å². The van der Waals surface area contributed by atoms with Crippen LogP contribution in [0.2, 0.25) is 0 Å². The molecule has 1 unspecified atom stereocenters. The van der Waals surface area contributed by atoms with E-state index in [1.165, 1.54) is 9.80 Å². The molecular formula is C16H19FN2O6S2. The fraction of sp³-hybridized carbons (Fsp3) is 0.500. The highest BCUT2D eigenvalue weighted by molar-refractivity contribution is 7.96. The van der Waals surface area contributed by atoms with Gasteiger partial charge in [0, 0.05) is 26.2 Å². The number of benzene rings is 1. The van der Waals surface area contributed by atoms with Gasteiger partial charge in [-0.3, -0.25) is 9.59 Å². The van der Waals surface area contributed by atoms with E-state index in [2.05, 4.69) is 0 Å². The van der Waals surface area contributed by atoms with Gasteiger partial charge in [0.15, 0.2) is 19.7 Å². The molecule has 0 aliphatic carbocycles. The number of hydrogen-bond acceptors (Lipinski definition) is 6. The zero-order valence-electron chi connectivity index (χ0n) is 14.4. The van der Waals surface area contributed by atoms with Crippen LogP contribution in [-0.2, 0) is 24.5 Å². The molecule has 0 aromatic heterocycles. The zero-order chi connectivity index (χ0) is 19.8. The lowest BCUT2D eigenvalue weighted by Gasteiger charge is -2.32. The Kier molecular flexibility index (Phi) is 5.26. The molecule has 2 amide bonds. The first-order chi connectivity index (χ1) is 12.6. The maximum Gasteiger partial charge on any atom is 0.256 e. The second-order valence-corrected chi connectivity index (χ2v) is 11.1. The number of nitrogens with zero attached hydrogens (tertiary/aromatic N) is 2. The number of carbonyl (C=O) groups excluding carboxylic acids is 2. The van der Waals surface area contributed by atoms with Gasteiger partial charge in [-0.2, -0.15) is 0 Å². The van der Waals surface area contributed by atoms with Crippen molar-refractivity contribution in [2.24, 2.45) is 0 Å². The number of piperazine rings is 1. The van der Waals surface area contributed by atoms with Crippen LogP contribution in [0.15, 0.2) is 23.1 Å². The van der Waals surface area contributed by atoms with E-state index in [-0.39, 0.29) is 35.7 Å². The molecule has 1 aromatic carbocycles. The van der Waals surface area contributed by atoms with Crippen LogP contribution < -0.4 is 0 Å². The molecule has 0 radical (unpaired) electrons. The lowest BCUT2D eigenvalue weighted by molar-refractivity contribution is -0.119. The van der Waals surface area contributed by atoms with Gasteiger partial charge in [-0.05, 0) is 24.6 Å². The number of sulfone groups is 2. The van der Waals surface area contributed by atoms with Gasteiger partial charge in [0.2, 0.25) is 6.41 Å². The molecule has 0 saturated carbocycles. The van der Waals surface area contributed by atoms with Gasteiger partial charge < -0.3 is 9.80 Å². The highest BCUT2D eigenvalue weighted by Gasteiger charge is 2.38. The first kappa shape index (κ1) is 19.7. The molecule has 2 aliphatic rings. The Hall–Kier alpha value is -2.01. The van der Waals surface area contributed by atoms with Crippen LogP contribution in [0, 0.1) is 5.82 Å². The topological polar surface area (TPSA) is 109 Å². The quantitative estimate of drug-likeness (QED) is 0.491. The van der Waals surface area contributed by atoms with Crippen molar-refractivity contribution in [3.05, 3.63) is 29.6 Å². The standard InChI is InChI=1S/C16H19FN2O6S2/c17-15-2-1-12(27(24,25)13-3-8-26(22,23)10-13)9-14(15)16(21)19-6-4-18(11-20)5-7-19/h1-2,9,11,13H,3-8,10H2. The van der Waals surface area contributed by atoms with E-state index < -0.39 is 42.4 Å². The predicted molar refractivity (Wildman–Crippen MR) is 94.2 cm³/mol. The Morgan fingerprint density at radius 1 is 1.19 bits per heavy atom. The summed E-state index contributed by atoms with van der Waals surface area (Å²) in [6.07, 6.45) is 0.657. The summed E-state index contributed by atoms with van der Waals surface area (Å²) in [4.78, 5) is 25.9. The van der Waals surface area contributed by atoms with Crippen molar-refractivity contribution < 1.29 is 30.8 Å². The highest BCUT2D eigenvalue weighted by Crippen LogP contribution is 2.27. The van der Waals surface area contributed by atoms with Gasteiger partial charge in [-0.1, -0.05) is 0 Å². The van der Waals surface area contributed by atoms with Crippen LogP contribution in [0.5, 0.6) is 0 Å². The Morgan fingerprint density at radius 2 is 1.85 bits per heavy atom. The van der Waals surface area contributed by atoms with Crippen LogP contribution in [-0.4, -0.2) is 81.9 Å². The van der Waals surface area contributed by atoms with Gasteiger partial charge >= 0.3 is 0 Å². The van der Waals surface area contributed by atoms with E-state index in [9.17, 15) is 30.8 Å². The third kappa shape index (κ3) is 3.98. The summed E-state index contributed by atoms with van der Waals surface area (Å²) >= 11 is 0. The monoisotopic (exact) mass is 418 g/mol. The number of halogens is 1. The van der Waals surface area contributed by atoms with Crippen molar-refractivity contribution in [2.75, 3.05) is 37.7 Å². The van der Waals surface area contributed by atoms with E-state index >= 15 is 0 Å². The van der Waals surface area contributed by atoms with Gasteiger partial charge in [0.05, 0.1) is 27.2 Å². The molecule has 11 heteroatoms. The van der Waals surface area contributed by atoms with Crippen molar-refractivity contribution in [3.8, 4) is 0 Å². The summed E-state index contributed by atoms with van der Waals surface area (Å²) in [5.41, 5.74) is -0.378. The molecule has 1 aromatic rings. The second kappa shape index (κ2) is 7.19. The van der Waals surface area contributed by atoms with Crippen molar-refractivity contribution in [1.29, 1.82) is 0 Å². The average Bonchev–Trinajstić information content (AvgIpc) is 3.02. The van der Waals surface area contributed by atoms with Crippen molar-refractivity contribution in [2.45, 2.75) is 16.6 Å². The second-order valence-electron chi connectivity index (χ2n) is 6.65. The average molecular weight is 418 g/mol. The molecule has 2 heterocycles. The SMILES string of the molecule is O=CN1CCN(C(=O)c2cc(S(=O)(=O)C3CCS(=O)(=O)C3)ccc2F)CC1. The molecule has 0 spiro atoms. The minimum Gasteiger partial charge on any atom is -0.342 e. The molecule has 148 valence electrons. The van der Waals surface area contributed by atoms with Crippen LogP contribution in [0.25, 0.3) is 0 Å². The molecule has 27 heavy (non-hydrogen) atoms. The Balaban J connectivity index is 1.86. The summed E-state index contributed by atoms with van der Waals surface area (Å²) in [7, 11) is -7.40. The number of amides is 2. The fourth-order valence-electron chi connectivity index (χ4n) is 3.24. The van der Waals surface area contributed by atoms with Crippen LogP contribution in [0.3, 0.4) is 0 Å². The molecule has 0 N–H and O–H groups in total. The molecular weight excluding hydrogens is 399 g/mol. The van der Waals surface area contributed by atoms with E-state index in [1.54, 1.807) is 0 Å². The predicted octanol–water partition coefficient (Wildman–Crippen LogP) is -0.299. The van der Waals surface area contributed by atoms with Gasteiger partial charge in [-0.15, -0.1) is 0 Å². The van der Waals surface area contributed by atoms with Crippen LogP contribution >= 0.6 is 0 Å². The van der Waals surface area contributed by atoms with Crippen molar-refractivity contribution in [1.82, 2.24) is 9.80 Å². The normalized spacial score (nSPS) is 22.6. The number of carbonyl (C=O) groups is 2. The summed E-state index contributed by atoms with van der Waals surface area (Å²) in [5, 5.41) is -1.09. The summed E-state index contributed by atoms with van der Waals surface area (Å²) in [5.74, 6) is -2.18. The smallest absolute Gasteiger partial charge is 0.256 e. The van der Waals surface area contributed by atoms with Crippen LogP contribution in [0.4, 0.5) is 4.39 Å². The lowest BCUT2D eigenvalue weighted by Crippen LogP contribution is -2.48. The summed E-state index contributed by atoms with van der Waals surface area (Å²) in [6, 6.07) is 2.94. The van der Waals surface area contributed by atoms with E-state index in [0.717, 1.165) is 18.2 Å². The lowest BCUT2D eigenvalue weighted by atomic mass is 10.1. The maximum absolute atomic E-state index is 14.2. The third-order valence-corrected chi connectivity index (χ3v) is 9.05. The van der Waals surface area contributed by atoms with Crippen molar-refractivity contribution in [3.63, 3.8) is 0 Å². The molecule has 3 rings (SSSR count). The summed E-state index contributed by atoms with van der Waals surface area (Å²) in [6.45, 7) is 1.06. The Labute approximate surface area is 156 Å². The first-order valence-corrected chi connectivity index (χ1v) is 11.7. The van der Waals surface area contributed by atoms with E-state index in [4.69, 9.17) is 0 Å².